The van der Waals surface area contributed by atoms with E-state index in [2.05, 4.69) is 4.98 Å². The van der Waals surface area contributed by atoms with Gasteiger partial charge in [0.2, 0.25) is 5.88 Å². The number of hydrogen-bond donors (Lipinski definition) is 0. The predicted octanol–water partition coefficient (Wildman–Crippen LogP) is 5.37. The largest absolute Gasteiger partial charge is 0.474 e. The van der Waals surface area contributed by atoms with Crippen molar-refractivity contribution in [3.8, 4) is 5.88 Å². The Morgan fingerprint density at radius 1 is 1.07 bits per heavy atom. The quantitative estimate of drug-likeness (QED) is 0.482. The Kier molecular flexibility index (Phi) is 5.96. The highest BCUT2D eigenvalue weighted by molar-refractivity contribution is 5.85. The van der Waals surface area contributed by atoms with Crippen LogP contribution < -0.4 is 9.64 Å². The number of piperidine rings is 1. The van der Waals surface area contributed by atoms with Gasteiger partial charge in [0.25, 0.3) is 0 Å². The molecule has 10 heteroatoms. The molecule has 1 aromatic heterocycles. The van der Waals surface area contributed by atoms with Crippen molar-refractivity contribution in [1.29, 1.82) is 0 Å². The van der Waals surface area contributed by atoms with E-state index in [1.165, 1.54) is 6.07 Å². The smallest absolute Gasteiger partial charge is 0.417 e. The van der Waals surface area contributed by atoms with Gasteiger partial charge in [-0.05, 0) is 31.2 Å². The molecule has 1 aliphatic rings. The van der Waals surface area contributed by atoms with Gasteiger partial charge in [0.1, 0.15) is 6.10 Å². The first-order valence-electron chi connectivity index (χ1n) is 9.12. The summed E-state index contributed by atoms with van der Waals surface area (Å²) in [6, 6.07) is 4.91. The van der Waals surface area contributed by atoms with Crippen LogP contribution >= 0.6 is 0 Å². The van der Waals surface area contributed by atoms with Crippen LogP contribution in [0.5, 0.6) is 5.88 Å². The van der Waals surface area contributed by atoms with E-state index >= 15 is 0 Å². The summed E-state index contributed by atoms with van der Waals surface area (Å²) in [4.78, 5) is 16.9. The first-order valence-corrected chi connectivity index (χ1v) is 9.12. The third-order valence-corrected chi connectivity index (χ3v) is 4.97. The predicted molar refractivity (Wildman–Crippen MR) is 96.5 cm³/mol. The van der Waals surface area contributed by atoms with Crippen molar-refractivity contribution < 1.29 is 35.9 Å². The van der Waals surface area contributed by atoms with Crippen LogP contribution in [-0.2, 0) is 12.4 Å². The number of benzene rings is 1. The fourth-order valence-electron chi connectivity index (χ4n) is 3.47. The second-order valence-corrected chi connectivity index (χ2v) is 7.08. The molecule has 4 nitrogen and oxygen atoms in total. The zero-order valence-corrected chi connectivity index (χ0v) is 15.8. The summed E-state index contributed by atoms with van der Waals surface area (Å²) in [5.41, 5.74) is -1.42. The van der Waals surface area contributed by atoms with Gasteiger partial charge in [0, 0.05) is 48.9 Å². The monoisotopic (exact) mass is 432 g/mol. The Labute approximate surface area is 168 Å². The maximum atomic E-state index is 12.9. The third kappa shape index (κ3) is 4.85. The molecule has 1 aromatic carbocycles. The zero-order valence-electron chi connectivity index (χ0n) is 15.8. The minimum absolute atomic E-state index is 0.0551. The number of ether oxygens (including phenoxy) is 1. The van der Waals surface area contributed by atoms with Crippen molar-refractivity contribution in [1.82, 2.24) is 4.98 Å². The number of anilines is 1. The van der Waals surface area contributed by atoms with Gasteiger partial charge in [-0.15, -0.1) is 0 Å². The maximum Gasteiger partial charge on any atom is 0.417 e. The molecule has 162 valence electrons. The number of hydrogen-bond acceptors (Lipinski definition) is 4. The van der Waals surface area contributed by atoms with Crippen LogP contribution in [0.2, 0.25) is 0 Å². The summed E-state index contributed by atoms with van der Waals surface area (Å²) in [6.07, 6.45) is -7.33. The first kappa shape index (κ1) is 21.9. The summed E-state index contributed by atoms with van der Waals surface area (Å²) in [6.45, 7) is 2.24. The van der Waals surface area contributed by atoms with Gasteiger partial charge in [-0.3, -0.25) is 4.79 Å². The Balaban J connectivity index is 1.69. The molecule has 0 aliphatic carbocycles. The van der Waals surface area contributed by atoms with E-state index in [4.69, 9.17) is 4.74 Å². The van der Waals surface area contributed by atoms with Gasteiger partial charge in [-0.1, -0.05) is 0 Å². The van der Waals surface area contributed by atoms with Crippen molar-refractivity contribution in [2.75, 3.05) is 11.4 Å². The van der Waals surface area contributed by atoms with E-state index in [9.17, 15) is 31.1 Å². The maximum absolute atomic E-state index is 12.9. The van der Waals surface area contributed by atoms with Crippen LogP contribution in [0.25, 0.3) is 0 Å². The van der Waals surface area contributed by atoms with Crippen LogP contribution in [0, 0.1) is 0 Å². The average molecular weight is 432 g/mol. The Morgan fingerprint density at radius 2 is 1.73 bits per heavy atom. The number of halogens is 6. The molecule has 1 fully saturated rings. The minimum atomic E-state index is -4.54. The molecular weight excluding hydrogens is 414 g/mol. The van der Waals surface area contributed by atoms with Crippen LogP contribution in [0.1, 0.15) is 41.3 Å². The average Bonchev–Trinajstić information content (AvgIpc) is 2.67. The highest BCUT2D eigenvalue weighted by Gasteiger charge is 2.34. The van der Waals surface area contributed by atoms with Crippen molar-refractivity contribution in [3.63, 3.8) is 0 Å². The molecule has 1 saturated heterocycles. The first-order chi connectivity index (χ1) is 14.0. The molecule has 3 rings (SSSR count). The summed E-state index contributed by atoms with van der Waals surface area (Å²) < 4.78 is 82.2. The second kappa shape index (κ2) is 8.16. The molecule has 2 heterocycles. The van der Waals surface area contributed by atoms with Gasteiger partial charge in [0.05, 0.1) is 11.1 Å². The highest BCUT2D eigenvalue weighted by atomic mass is 19.4. The lowest BCUT2D eigenvalue weighted by atomic mass is 9.98. The molecule has 0 bridgehead atoms. The van der Waals surface area contributed by atoms with Gasteiger partial charge >= 0.3 is 12.4 Å². The molecule has 0 spiro atoms. The number of aromatic nitrogens is 1. The molecule has 1 unspecified atom stereocenters. The number of nitrogens with zero attached hydrogens (tertiary/aromatic N) is 2. The molecule has 0 N–H and O–H groups in total. The van der Waals surface area contributed by atoms with E-state index in [0.717, 1.165) is 24.3 Å². The van der Waals surface area contributed by atoms with E-state index in [1.807, 2.05) is 11.8 Å². The SMILES string of the molecule is CC1C[C@@H](Oc2ccc(C(F)(F)F)cn2)CCN1c1ccc(C(F)(F)F)cc1C=O. The van der Waals surface area contributed by atoms with E-state index in [-0.39, 0.29) is 23.6 Å². The molecule has 0 saturated carbocycles. The minimum Gasteiger partial charge on any atom is -0.474 e. The number of alkyl halides is 6. The van der Waals surface area contributed by atoms with Crippen LogP contribution in [-0.4, -0.2) is 30.0 Å². The third-order valence-electron chi connectivity index (χ3n) is 4.97. The Bertz CT molecular complexity index is 896. The number of rotatable bonds is 4. The molecule has 30 heavy (non-hydrogen) atoms. The summed E-state index contributed by atoms with van der Waals surface area (Å²) in [5, 5.41) is 0. The van der Waals surface area contributed by atoms with Crippen LogP contribution in [0.3, 0.4) is 0 Å². The van der Waals surface area contributed by atoms with E-state index < -0.39 is 23.5 Å². The van der Waals surface area contributed by atoms with Gasteiger partial charge in [-0.25, -0.2) is 4.98 Å². The van der Waals surface area contributed by atoms with Gasteiger partial charge in [0.15, 0.2) is 6.29 Å². The number of carbonyl (C=O) groups is 1. The van der Waals surface area contributed by atoms with E-state index in [1.54, 1.807) is 0 Å². The van der Waals surface area contributed by atoms with Gasteiger partial charge < -0.3 is 9.64 Å². The lowest BCUT2D eigenvalue weighted by Crippen LogP contribution is -2.45. The topological polar surface area (TPSA) is 42.4 Å². The molecule has 2 atom stereocenters. The second-order valence-electron chi connectivity index (χ2n) is 7.08. The lowest BCUT2D eigenvalue weighted by Gasteiger charge is -2.39. The molecule has 2 aromatic rings. The Hall–Kier alpha value is -2.78. The van der Waals surface area contributed by atoms with Crippen molar-refractivity contribution in [2.24, 2.45) is 0 Å². The fourth-order valence-corrected chi connectivity index (χ4v) is 3.47. The molecule has 1 aliphatic heterocycles. The van der Waals surface area contributed by atoms with Crippen LogP contribution in [0.4, 0.5) is 32.0 Å². The lowest BCUT2D eigenvalue weighted by molar-refractivity contribution is -0.138. The highest BCUT2D eigenvalue weighted by Crippen LogP contribution is 2.35. The van der Waals surface area contributed by atoms with Crippen molar-refractivity contribution in [3.05, 3.63) is 53.2 Å². The number of pyridine rings is 1. The van der Waals surface area contributed by atoms with Crippen molar-refractivity contribution in [2.45, 2.75) is 44.3 Å². The fraction of sp³-hybridized carbons (Fsp3) is 0.400. The van der Waals surface area contributed by atoms with Gasteiger partial charge in [-0.2, -0.15) is 26.3 Å². The Morgan fingerprint density at radius 3 is 2.27 bits per heavy atom. The summed E-state index contributed by atoms with van der Waals surface area (Å²) in [5.74, 6) is 0.0664. The van der Waals surface area contributed by atoms with E-state index in [0.29, 0.717) is 37.6 Å². The zero-order chi connectivity index (χ0) is 22.1. The number of aldehydes is 1. The molecule has 0 amide bonds. The normalized spacial score (nSPS) is 20.2. The molecular formula is C20H18F6N2O2. The summed E-state index contributed by atoms with van der Waals surface area (Å²) >= 11 is 0. The standard InChI is InChI=1S/C20H18F6N2O2/c1-12-8-16(30-18-5-3-15(10-27-18)20(24,25)26)6-7-28(12)17-4-2-14(19(21,22)23)9-13(17)11-29/h2-5,9-12,16H,6-8H2,1H3/t12?,16-/m0/s1. The number of carbonyl (C=O) groups excluding carboxylic acids is 1. The molecule has 0 radical (unpaired) electrons. The van der Waals surface area contributed by atoms with Crippen molar-refractivity contribution >= 4 is 12.0 Å². The summed E-state index contributed by atoms with van der Waals surface area (Å²) in [7, 11) is 0. The van der Waals surface area contributed by atoms with Crippen LogP contribution in [0.15, 0.2) is 36.5 Å².